The van der Waals surface area contributed by atoms with Gasteiger partial charge in [0.25, 0.3) is 0 Å². The van der Waals surface area contributed by atoms with Crippen LogP contribution in [0, 0.1) is 24.2 Å². The van der Waals surface area contributed by atoms with Crippen molar-refractivity contribution in [2.24, 2.45) is 5.92 Å². The topological polar surface area (TPSA) is 27.0 Å². The van der Waals surface area contributed by atoms with E-state index in [4.69, 9.17) is 5.26 Å². The maximum atomic E-state index is 8.73. The predicted octanol–water partition coefficient (Wildman–Crippen LogP) is 2.59. The molecule has 0 saturated carbocycles. The van der Waals surface area contributed by atoms with Crippen LogP contribution in [-0.2, 0) is 6.54 Å². The Balaban J connectivity index is 2.56. The maximum absolute atomic E-state index is 8.73. The van der Waals surface area contributed by atoms with Crippen molar-refractivity contribution in [3.8, 4) is 6.07 Å². The maximum Gasteiger partial charge on any atom is 0.0666 e. The van der Waals surface area contributed by atoms with E-state index in [1.54, 1.807) is 0 Å². The normalized spacial score (nSPS) is 12.5. The SMILES string of the molecule is Cc1ccccc1CN(C)C[C@@H](C)C#N. The smallest absolute Gasteiger partial charge is 0.0666 e. The van der Waals surface area contributed by atoms with Crippen molar-refractivity contribution in [2.45, 2.75) is 20.4 Å². The summed E-state index contributed by atoms with van der Waals surface area (Å²) in [6.45, 7) is 5.81. The molecule has 0 aromatic heterocycles. The van der Waals surface area contributed by atoms with Crippen LogP contribution in [0.5, 0.6) is 0 Å². The van der Waals surface area contributed by atoms with Crippen molar-refractivity contribution in [3.05, 3.63) is 35.4 Å². The zero-order valence-corrected chi connectivity index (χ0v) is 9.70. The molecule has 0 saturated heterocycles. The van der Waals surface area contributed by atoms with E-state index in [1.165, 1.54) is 11.1 Å². The quantitative estimate of drug-likeness (QED) is 0.750. The van der Waals surface area contributed by atoms with Crippen molar-refractivity contribution in [2.75, 3.05) is 13.6 Å². The van der Waals surface area contributed by atoms with E-state index < -0.39 is 0 Å². The third kappa shape index (κ3) is 3.73. The minimum atomic E-state index is 0.0963. The van der Waals surface area contributed by atoms with Gasteiger partial charge >= 0.3 is 0 Å². The third-order valence-corrected chi connectivity index (χ3v) is 2.51. The number of nitrogens with zero attached hydrogens (tertiary/aromatic N) is 2. The van der Waals surface area contributed by atoms with Crippen molar-refractivity contribution in [1.82, 2.24) is 4.90 Å². The molecule has 0 spiro atoms. The van der Waals surface area contributed by atoms with Gasteiger partial charge in [-0.2, -0.15) is 5.26 Å². The molecule has 15 heavy (non-hydrogen) atoms. The molecule has 0 N–H and O–H groups in total. The highest BCUT2D eigenvalue weighted by atomic mass is 15.1. The van der Waals surface area contributed by atoms with Crippen LogP contribution >= 0.6 is 0 Å². The average Bonchev–Trinajstić information content (AvgIpc) is 2.21. The molecule has 1 aromatic rings. The fraction of sp³-hybridized carbons (Fsp3) is 0.462. The Hall–Kier alpha value is -1.33. The van der Waals surface area contributed by atoms with Crippen LogP contribution in [0.3, 0.4) is 0 Å². The first-order chi connectivity index (χ1) is 7.13. The molecule has 1 atom stereocenters. The van der Waals surface area contributed by atoms with Gasteiger partial charge in [0, 0.05) is 13.1 Å². The highest BCUT2D eigenvalue weighted by Gasteiger charge is 2.06. The third-order valence-electron chi connectivity index (χ3n) is 2.51. The van der Waals surface area contributed by atoms with Gasteiger partial charge in [0.2, 0.25) is 0 Å². The lowest BCUT2D eigenvalue weighted by Crippen LogP contribution is -2.23. The Labute approximate surface area is 92.1 Å². The molecular weight excluding hydrogens is 184 g/mol. The summed E-state index contributed by atoms with van der Waals surface area (Å²) in [5.41, 5.74) is 2.65. The molecule has 1 rings (SSSR count). The molecule has 0 heterocycles. The number of hydrogen-bond donors (Lipinski definition) is 0. The summed E-state index contributed by atoms with van der Waals surface area (Å²) in [5, 5.41) is 8.73. The van der Waals surface area contributed by atoms with E-state index in [0.717, 1.165) is 13.1 Å². The first-order valence-electron chi connectivity index (χ1n) is 5.26. The summed E-state index contributed by atoms with van der Waals surface area (Å²) in [6.07, 6.45) is 0. The Bertz CT molecular complexity index is 352. The van der Waals surface area contributed by atoms with Crippen LogP contribution in [0.1, 0.15) is 18.1 Å². The Morgan fingerprint density at radius 1 is 1.40 bits per heavy atom. The fourth-order valence-corrected chi connectivity index (χ4v) is 1.65. The zero-order valence-electron chi connectivity index (χ0n) is 9.70. The molecule has 0 aliphatic carbocycles. The summed E-state index contributed by atoms with van der Waals surface area (Å²) in [6, 6.07) is 10.6. The molecule has 0 fully saturated rings. The summed E-state index contributed by atoms with van der Waals surface area (Å²) in [4.78, 5) is 2.19. The summed E-state index contributed by atoms with van der Waals surface area (Å²) in [7, 11) is 2.06. The van der Waals surface area contributed by atoms with E-state index in [1.807, 2.05) is 6.92 Å². The molecule has 0 radical (unpaired) electrons. The first kappa shape index (κ1) is 11.7. The van der Waals surface area contributed by atoms with Crippen LogP contribution in [-0.4, -0.2) is 18.5 Å². The standard InChI is InChI=1S/C13H18N2/c1-11(8-14)9-15(3)10-13-7-5-4-6-12(13)2/h4-7,11H,9-10H2,1-3H3/t11-/m0/s1. The van der Waals surface area contributed by atoms with Gasteiger partial charge in [0.05, 0.1) is 12.0 Å². The van der Waals surface area contributed by atoms with Crippen molar-refractivity contribution in [1.29, 1.82) is 5.26 Å². The molecule has 0 amide bonds. The second kappa shape index (κ2) is 5.53. The second-order valence-electron chi connectivity index (χ2n) is 4.15. The first-order valence-corrected chi connectivity index (χ1v) is 5.26. The van der Waals surface area contributed by atoms with Crippen molar-refractivity contribution < 1.29 is 0 Å². The van der Waals surface area contributed by atoms with Gasteiger partial charge in [-0.25, -0.2) is 0 Å². The molecule has 1 aromatic carbocycles. The van der Waals surface area contributed by atoms with Gasteiger partial charge in [-0.05, 0) is 32.0 Å². The lowest BCUT2D eigenvalue weighted by molar-refractivity contribution is 0.302. The van der Waals surface area contributed by atoms with Gasteiger partial charge < -0.3 is 4.90 Å². The Morgan fingerprint density at radius 2 is 2.07 bits per heavy atom. The molecule has 0 aliphatic rings. The van der Waals surface area contributed by atoms with Gasteiger partial charge in [0.1, 0.15) is 0 Å². The summed E-state index contributed by atoms with van der Waals surface area (Å²) >= 11 is 0. The highest BCUT2D eigenvalue weighted by molar-refractivity contribution is 5.25. The lowest BCUT2D eigenvalue weighted by Gasteiger charge is -2.18. The van der Waals surface area contributed by atoms with E-state index in [-0.39, 0.29) is 5.92 Å². The number of benzene rings is 1. The molecule has 0 bridgehead atoms. The molecular formula is C13H18N2. The van der Waals surface area contributed by atoms with Crippen LogP contribution in [0.4, 0.5) is 0 Å². The number of nitriles is 1. The molecule has 0 aliphatic heterocycles. The second-order valence-corrected chi connectivity index (χ2v) is 4.15. The van der Waals surface area contributed by atoms with Crippen LogP contribution in [0.15, 0.2) is 24.3 Å². The molecule has 80 valence electrons. The molecule has 2 heteroatoms. The van der Waals surface area contributed by atoms with E-state index in [9.17, 15) is 0 Å². The highest BCUT2D eigenvalue weighted by Crippen LogP contribution is 2.10. The van der Waals surface area contributed by atoms with Gasteiger partial charge in [-0.1, -0.05) is 24.3 Å². The van der Waals surface area contributed by atoms with E-state index in [2.05, 4.69) is 49.2 Å². The zero-order chi connectivity index (χ0) is 11.3. The Kier molecular flexibility index (Phi) is 4.33. The van der Waals surface area contributed by atoms with Crippen molar-refractivity contribution >= 4 is 0 Å². The monoisotopic (exact) mass is 202 g/mol. The van der Waals surface area contributed by atoms with E-state index in [0.29, 0.717) is 0 Å². The number of hydrogen-bond acceptors (Lipinski definition) is 2. The van der Waals surface area contributed by atoms with Gasteiger partial charge in [-0.3, -0.25) is 0 Å². The largest absolute Gasteiger partial charge is 0.301 e. The minimum absolute atomic E-state index is 0.0963. The Morgan fingerprint density at radius 3 is 2.67 bits per heavy atom. The number of aryl methyl sites for hydroxylation is 1. The minimum Gasteiger partial charge on any atom is -0.301 e. The lowest BCUT2D eigenvalue weighted by atomic mass is 10.1. The van der Waals surface area contributed by atoms with E-state index >= 15 is 0 Å². The van der Waals surface area contributed by atoms with Gasteiger partial charge in [0.15, 0.2) is 0 Å². The number of rotatable bonds is 4. The predicted molar refractivity (Wildman–Crippen MR) is 62.3 cm³/mol. The fourth-order valence-electron chi connectivity index (χ4n) is 1.65. The molecule has 2 nitrogen and oxygen atoms in total. The van der Waals surface area contributed by atoms with Crippen LogP contribution < -0.4 is 0 Å². The van der Waals surface area contributed by atoms with Crippen molar-refractivity contribution in [3.63, 3.8) is 0 Å². The molecule has 0 unspecified atom stereocenters. The van der Waals surface area contributed by atoms with Gasteiger partial charge in [-0.15, -0.1) is 0 Å². The average molecular weight is 202 g/mol. The summed E-state index contributed by atoms with van der Waals surface area (Å²) < 4.78 is 0. The summed E-state index contributed by atoms with van der Waals surface area (Å²) in [5.74, 6) is 0.0963. The van der Waals surface area contributed by atoms with Crippen LogP contribution in [0.2, 0.25) is 0 Å². The van der Waals surface area contributed by atoms with Crippen LogP contribution in [0.25, 0.3) is 0 Å².